The predicted molar refractivity (Wildman–Crippen MR) is 97.1 cm³/mol. The van der Waals surface area contributed by atoms with E-state index in [1.165, 1.54) is 18.5 Å². The van der Waals surface area contributed by atoms with E-state index in [1.54, 1.807) is 7.11 Å². The topological polar surface area (TPSA) is 50.6 Å². The number of rotatable bonds is 8. The zero-order valence-electron chi connectivity index (χ0n) is 15.9. The van der Waals surface area contributed by atoms with Gasteiger partial charge in [0.15, 0.2) is 0 Å². The average molecular weight is 348 g/mol. The smallest absolute Gasteiger partial charge is 0.224 e. The summed E-state index contributed by atoms with van der Waals surface area (Å²) in [6, 6.07) is 0.311. The number of hydrogen-bond acceptors (Lipinski definition) is 4. The van der Waals surface area contributed by atoms with Crippen molar-refractivity contribution in [1.82, 2.24) is 19.4 Å². The molecule has 1 saturated carbocycles. The highest BCUT2D eigenvalue weighted by Crippen LogP contribution is 2.32. The third-order valence-corrected chi connectivity index (χ3v) is 5.45. The molecule has 0 radical (unpaired) electrons. The van der Waals surface area contributed by atoms with Gasteiger partial charge in [-0.3, -0.25) is 9.69 Å². The molecular weight excluding hydrogens is 316 g/mol. The zero-order valence-corrected chi connectivity index (χ0v) is 15.9. The largest absolute Gasteiger partial charge is 0.383 e. The molecule has 140 valence electrons. The number of imidazole rings is 1. The molecule has 2 aliphatic rings. The summed E-state index contributed by atoms with van der Waals surface area (Å²) in [5, 5.41) is 0. The molecule has 1 saturated heterocycles. The van der Waals surface area contributed by atoms with Crippen LogP contribution in [0.1, 0.15) is 38.8 Å². The van der Waals surface area contributed by atoms with Gasteiger partial charge >= 0.3 is 0 Å². The van der Waals surface area contributed by atoms with Gasteiger partial charge in [-0.15, -0.1) is 0 Å². The first-order chi connectivity index (χ1) is 12.1. The van der Waals surface area contributed by atoms with Gasteiger partial charge < -0.3 is 14.2 Å². The molecule has 6 nitrogen and oxygen atoms in total. The Hall–Kier alpha value is -1.40. The summed E-state index contributed by atoms with van der Waals surface area (Å²) in [5.41, 5.74) is 1.20. The molecule has 1 aromatic rings. The van der Waals surface area contributed by atoms with Crippen LogP contribution in [0.2, 0.25) is 0 Å². The maximum absolute atomic E-state index is 12.7. The first kappa shape index (κ1) is 18.4. The molecule has 1 aliphatic heterocycles. The minimum Gasteiger partial charge on any atom is -0.383 e. The third-order valence-electron chi connectivity index (χ3n) is 5.45. The molecular formula is C19H32N4O2. The Balaban J connectivity index is 1.68. The van der Waals surface area contributed by atoms with Crippen LogP contribution >= 0.6 is 0 Å². The molecule has 25 heavy (non-hydrogen) atoms. The highest BCUT2D eigenvalue weighted by atomic mass is 16.5. The SMILES string of the molecule is COCCn1cncc1CN1CCC(=O)N(CC2CC2)C(C(C)C)C1. The van der Waals surface area contributed by atoms with Crippen molar-refractivity contribution in [3.8, 4) is 0 Å². The average Bonchev–Trinajstić information content (AvgIpc) is 3.33. The fourth-order valence-corrected chi connectivity index (χ4v) is 3.67. The lowest BCUT2D eigenvalue weighted by Gasteiger charge is -2.35. The Morgan fingerprint density at radius 3 is 2.84 bits per heavy atom. The molecule has 0 spiro atoms. The number of hydrogen-bond donors (Lipinski definition) is 0. The number of carbonyl (C=O) groups excluding carboxylic acids is 1. The standard InChI is InChI=1S/C19H32N4O2/c1-15(2)18-13-21(7-6-19(24)23(18)11-16-4-5-16)12-17-10-20-14-22(17)8-9-25-3/h10,14-16,18H,4-9,11-13H2,1-3H3. The maximum atomic E-state index is 12.7. The van der Waals surface area contributed by atoms with Crippen molar-refractivity contribution in [2.75, 3.05) is 33.4 Å². The molecule has 2 fully saturated rings. The highest BCUT2D eigenvalue weighted by Gasteiger charge is 2.35. The first-order valence-corrected chi connectivity index (χ1v) is 9.58. The summed E-state index contributed by atoms with van der Waals surface area (Å²) in [7, 11) is 1.72. The van der Waals surface area contributed by atoms with Gasteiger partial charge in [0.1, 0.15) is 0 Å². The van der Waals surface area contributed by atoms with Gasteiger partial charge in [0.05, 0.1) is 18.6 Å². The molecule has 1 aliphatic carbocycles. The summed E-state index contributed by atoms with van der Waals surface area (Å²) < 4.78 is 7.34. The van der Waals surface area contributed by atoms with Gasteiger partial charge in [-0.25, -0.2) is 4.98 Å². The Kier molecular flexibility index (Phi) is 6.12. The van der Waals surface area contributed by atoms with E-state index in [0.29, 0.717) is 30.9 Å². The van der Waals surface area contributed by atoms with Crippen LogP contribution < -0.4 is 0 Å². The Labute approximate surface area is 151 Å². The number of nitrogens with zero attached hydrogens (tertiary/aromatic N) is 4. The van der Waals surface area contributed by atoms with E-state index in [-0.39, 0.29) is 0 Å². The molecule has 1 aromatic heterocycles. The van der Waals surface area contributed by atoms with E-state index in [0.717, 1.165) is 38.6 Å². The van der Waals surface area contributed by atoms with Crippen LogP contribution in [0.15, 0.2) is 12.5 Å². The minimum absolute atomic E-state index is 0.311. The zero-order chi connectivity index (χ0) is 17.8. The molecule has 0 aromatic carbocycles. The molecule has 0 bridgehead atoms. The second-order valence-corrected chi connectivity index (χ2v) is 7.86. The summed E-state index contributed by atoms with van der Waals surface area (Å²) in [6.07, 6.45) is 7.02. The van der Waals surface area contributed by atoms with E-state index in [4.69, 9.17) is 4.74 Å². The first-order valence-electron chi connectivity index (χ1n) is 9.58. The van der Waals surface area contributed by atoms with Gasteiger partial charge in [-0.2, -0.15) is 0 Å². The van der Waals surface area contributed by atoms with Crippen LogP contribution in [0.4, 0.5) is 0 Å². The van der Waals surface area contributed by atoms with Crippen molar-refractivity contribution in [3.05, 3.63) is 18.2 Å². The minimum atomic E-state index is 0.311. The van der Waals surface area contributed by atoms with Crippen molar-refractivity contribution < 1.29 is 9.53 Å². The Bertz CT molecular complexity index is 568. The van der Waals surface area contributed by atoms with Crippen molar-refractivity contribution in [2.24, 2.45) is 11.8 Å². The maximum Gasteiger partial charge on any atom is 0.224 e. The number of aromatic nitrogens is 2. The number of methoxy groups -OCH3 is 1. The molecule has 1 unspecified atom stereocenters. The summed E-state index contributed by atoms with van der Waals surface area (Å²) in [5.74, 6) is 1.55. The van der Waals surface area contributed by atoms with Crippen LogP contribution in [-0.4, -0.2) is 64.7 Å². The van der Waals surface area contributed by atoms with Crippen LogP contribution in [0.3, 0.4) is 0 Å². The Morgan fingerprint density at radius 1 is 1.36 bits per heavy atom. The van der Waals surface area contributed by atoms with Crippen LogP contribution in [0.5, 0.6) is 0 Å². The molecule has 0 N–H and O–H groups in total. The fourth-order valence-electron chi connectivity index (χ4n) is 3.67. The second-order valence-electron chi connectivity index (χ2n) is 7.86. The van der Waals surface area contributed by atoms with Gasteiger partial charge in [0.2, 0.25) is 5.91 Å². The van der Waals surface area contributed by atoms with E-state index in [2.05, 4.69) is 33.2 Å². The summed E-state index contributed by atoms with van der Waals surface area (Å²) in [4.78, 5) is 21.6. The lowest BCUT2D eigenvalue weighted by Crippen LogP contribution is -2.47. The number of amides is 1. The van der Waals surface area contributed by atoms with Crippen LogP contribution in [0, 0.1) is 11.8 Å². The van der Waals surface area contributed by atoms with Crippen molar-refractivity contribution in [1.29, 1.82) is 0 Å². The third kappa shape index (κ3) is 4.82. The second kappa shape index (κ2) is 8.32. The molecule has 6 heteroatoms. The van der Waals surface area contributed by atoms with Crippen LogP contribution in [-0.2, 0) is 22.6 Å². The summed E-state index contributed by atoms with van der Waals surface area (Å²) in [6.45, 7) is 9.57. The van der Waals surface area contributed by atoms with Crippen molar-refractivity contribution in [2.45, 2.75) is 52.2 Å². The van der Waals surface area contributed by atoms with E-state index < -0.39 is 0 Å². The van der Waals surface area contributed by atoms with Crippen molar-refractivity contribution >= 4 is 5.91 Å². The molecule has 1 amide bonds. The van der Waals surface area contributed by atoms with E-state index >= 15 is 0 Å². The predicted octanol–water partition coefficient (Wildman–Crippen LogP) is 2.00. The lowest BCUT2D eigenvalue weighted by atomic mass is 10.0. The molecule has 1 atom stereocenters. The van der Waals surface area contributed by atoms with E-state index in [9.17, 15) is 4.79 Å². The lowest BCUT2D eigenvalue weighted by molar-refractivity contribution is -0.133. The van der Waals surface area contributed by atoms with Gasteiger partial charge in [0, 0.05) is 58.5 Å². The van der Waals surface area contributed by atoms with Gasteiger partial charge in [-0.05, 0) is 24.7 Å². The number of ether oxygens (including phenoxy) is 1. The normalized spacial score (nSPS) is 22.6. The quantitative estimate of drug-likeness (QED) is 0.721. The molecule has 3 rings (SSSR count). The molecule has 2 heterocycles. The highest BCUT2D eigenvalue weighted by molar-refractivity contribution is 5.77. The van der Waals surface area contributed by atoms with Crippen molar-refractivity contribution in [3.63, 3.8) is 0 Å². The Morgan fingerprint density at radius 2 is 2.16 bits per heavy atom. The van der Waals surface area contributed by atoms with E-state index in [1.807, 2.05) is 12.5 Å². The fraction of sp³-hybridized carbons (Fsp3) is 0.789. The monoisotopic (exact) mass is 348 g/mol. The van der Waals surface area contributed by atoms with Gasteiger partial charge in [0.25, 0.3) is 0 Å². The van der Waals surface area contributed by atoms with Crippen LogP contribution in [0.25, 0.3) is 0 Å². The summed E-state index contributed by atoms with van der Waals surface area (Å²) >= 11 is 0. The number of carbonyl (C=O) groups is 1. The van der Waals surface area contributed by atoms with Gasteiger partial charge in [-0.1, -0.05) is 13.8 Å².